The summed E-state index contributed by atoms with van der Waals surface area (Å²) in [6.45, 7) is 4.66. The Bertz CT molecular complexity index is 762. The molecule has 0 atom stereocenters. The van der Waals surface area contributed by atoms with Gasteiger partial charge in [-0.05, 0) is 31.5 Å². The van der Waals surface area contributed by atoms with E-state index in [1.807, 2.05) is 6.92 Å². The van der Waals surface area contributed by atoms with Crippen molar-refractivity contribution >= 4 is 22.6 Å². The second-order valence-electron chi connectivity index (χ2n) is 5.10. The van der Waals surface area contributed by atoms with Crippen molar-refractivity contribution < 1.29 is 4.52 Å². The fourth-order valence-electron chi connectivity index (χ4n) is 2.46. The van der Waals surface area contributed by atoms with Crippen molar-refractivity contribution in [2.75, 3.05) is 5.88 Å². The Balaban J connectivity index is 1.94. The first-order chi connectivity index (χ1) is 10.2. The number of fused-ring (bicyclic) bond motifs is 1. The van der Waals surface area contributed by atoms with Gasteiger partial charge in [0.05, 0.1) is 11.0 Å². The van der Waals surface area contributed by atoms with E-state index < -0.39 is 0 Å². The Labute approximate surface area is 127 Å². The number of alkyl halides is 1. The predicted molar refractivity (Wildman–Crippen MR) is 81.6 cm³/mol. The number of benzene rings is 1. The van der Waals surface area contributed by atoms with Gasteiger partial charge in [0.2, 0.25) is 5.89 Å². The molecule has 0 amide bonds. The van der Waals surface area contributed by atoms with E-state index in [9.17, 15) is 0 Å². The molecule has 5 nitrogen and oxygen atoms in total. The fourth-order valence-corrected chi connectivity index (χ4v) is 2.63. The molecule has 0 bridgehead atoms. The van der Waals surface area contributed by atoms with Crippen LogP contribution in [0.2, 0.25) is 0 Å². The molecule has 0 saturated carbocycles. The lowest BCUT2D eigenvalue weighted by molar-refractivity contribution is 0.368. The third kappa shape index (κ3) is 2.93. The van der Waals surface area contributed by atoms with Gasteiger partial charge in [-0.15, -0.1) is 11.6 Å². The minimum absolute atomic E-state index is 0.558. The normalized spacial score (nSPS) is 11.4. The summed E-state index contributed by atoms with van der Waals surface area (Å²) < 4.78 is 7.38. The Morgan fingerprint density at radius 1 is 1.19 bits per heavy atom. The highest BCUT2D eigenvalue weighted by atomic mass is 35.5. The monoisotopic (exact) mass is 304 g/mol. The van der Waals surface area contributed by atoms with E-state index >= 15 is 0 Å². The van der Waals surface area contributed by atoms with Crippen LogP contribution in [-0.2, 0) is 19.4 Å². The van der Waals surface area contributed by atoms with Crippen molar-refractivity contribution in [1.29, 1.82) is 0 Å². The molecule has 2 heterocycles. The predicted octanol–water partition coefficient (Wildman–Crippen LogP) is 3.06. The molecular formula is C15H17ClN4O. The number of hydrogen-bond donors (Lipinski definition) is 0. The van der Waals surface area contributed by atoms with Crippen LogP contribution < -0.4 is 0 Å². The smallest absolute Gasteiger partial charge is 0.228 e. The van der Waals surface area contributed by atoms with E-state index in [1.165, 1.54) is 5.56 Å². The Morgan fingerprint density at radius 2 is 2.05 bits per heavy atom. The molecule has 6 heteroatoms. The van der Waals surface area contributed by atoms with Crippen molar-refractivity contribution in [3.8, 4) is 0 Å². The van der Waals surface area contributed by atoms with E-state index in [0.717, 1.165) is 29.8 Å². The molecule has 0 aliphatic rings. The molecule has 110 valence electrons. The van der Waals surface area contributed by atoms with Gasteiger partial charge in [-0.3, -0.25) is 0 Å². The maximum Gasteiger partial charge on any atom is 0.228 e. The molecule has 3 rings (SSSR count). The third-order valence-electron chi connectivity index (χ3n) is 3.42. The van der Waals surface area contributed by atoms with E-state index in [2.05, 4.69) is 44.8 Å². The fraction of sp³-hybridized carbons (Fsp3) is 0.400. The third-order valence-corrected chi connectivity index (χ3v) is 3.61. The van der Waals surface area contributed by atoms with Gasteiger partial charge >= 0.3 is 0 Å². The number of aryl methyl sites for hydroxylation is 5. The van der Waals surface area contributed by atoms with Crippen LogP contribution in [0.1, 0.15) is 23.1 Å². The van der Waals surface area contributed by atoms with Gasteiger partial charge < -0.3 is 9.09 Å². The standard InChI is InChI=1S/C15H17ClN4O/c1-10-3-4-12-13(9-10)20(14(18-12)5-7-16)8-6-15-17-11(2)19-21-15/h3-4,9H,5-8H2,1-2H3. The van der Waals surface area contributed by atoms with Crippen LogP contribution in [0.4, 0.5) is 0 Å². The molecule has 1 aromatic carbocycles. The Hall–Kier alpha value is -1.88. The number of rotatable bonds is 5. The number of nitrogens with zero attached hydrogens (tertiary/aromatic N) is 4. The van der Waals surface area contributed by atoms with Gasteiger partial charge in [0.1, 0.15) is 5.82 Å². The van der Waals surface area contributed by atoms with E-state index in [1.54, 1.807) is 0 Å². The summed E-state index contributed by atoms with van der Waals surface area (Å²) in [6, 6.07) is 6.28. The lowest BCUT2D eigenvalue weighted by Crippen LogP contribution is -2.07. The largest absolute Gasteiger partial charge is 0.339 e. The Kier molecular flexibility index (Phi) is 3.92. The molecule has 0 aliphatic heterocycles. The first kappa shape index (κ1) is 14.1. The summed E-state index contributed by atoms with van der Waals surface area (Å²) in [7, 11) is 0. The minimum atomic E-state index is 0.558. The van der Waals surface area contributed by atoms with Crippen LogP contribution in [0.5, 0.6) is 0 Å². The number of aromatic nitrogens is 4. The van der Waals surface area contributed by atoms with Crippen molar-refractivity contribution in [3.63, 3.8) is 0 Å². The lowest BCUT2D eigenvalue weighted by atomic mass is 10.2. The maximum atomic E-state index is 5.89. The second-order valence-corrected chi connectivity index (χ2v) is 5.47. The first-order valence-electron chi connectivity index (χ1n) is 6.98. The zero-order valence-electron chi connectivity index (χ0n) is 12.1. The van der Waals surface area contributed by atoms with Gasteiger partial charge in [0.15, 0.2) is 5.82 Å². The van der Waals surface area contributed by atoms with Crippen molar-refractivity contribution in [3.05, 3.63) is 41.3 Å². The number of imidazole rings is 1. The molecule has 0 N–H and O–H groups in total. The second kappa shape index (κ2) is 5.85. The van der Waals surface area contributed by atoms with E-state index in [4.69, 9.17) is 16.1 Å². The van der Waals surface area contributed by atoms with Gasteiger partial charge in [-0.1, -0.05) is 11.2 Å². The zero-order chi connectivity index (χ0) is 14.8. The molecule has 0 fully saturated rings. The highest BCUT2D eigenvalue weighted by Crippen LogP contribution is 2.19. The molecule has 21 heavy (non-hydrogen) atoms. The minimum Gasteiger partial charge on any atom is -0.339 e. The van der Waals surface area contributed by atoms with Gasteiger partial charge in [-0.2, -0.15) is 4.98 Å². The van der Waals surface area contributed by atoms with Crippen LogP contribution in [0.15, 0.2) is 22.7 Å². The highest BCUT2D eigenvalue weighted by Gasteiger charge is 2.12. The van der Waals surface area contributed by atoms with Crippen molar-refractivity contribution in [2.45, 2.75) is 33.2 Å². The molecule has 0 unspecified atom stereocenters. The molecule has 3 aromatic rings. The van der Waals surface area contributed by atoms with Crippen LogP contribution in [-0.4, -0.2) is 25.6 Å². The first-order valence-corrected chi connectivity index (χ1v) is 7.52. The van der Waals surface area contributed by atoms with Crippen LogP contribution >= 0.6 is 11.6 Å². The molecule has 2 aromatic heterocycles. The van der Waals surface area contributed by atoms with Crippen molar-refractivity contribution in [1.82, 2.24) is 19.7 Å². The van der Waals surface area contributed by atoms with Crippen LogP contribution in [0, 0.1) is 13.8 Å². The molecule has 0 spiro atoms. The molecule has 0 aliphatic carbocycles. The van der Waals surface area contributed by atoms with Gasteiger partial charge in [0.25, 0.3) is 0 Å². The van der Waals surface area contributed by atoms with E-state index in [-0.39, 0.29) is 0 Å². The van der Waals surface area contributed by atoms with Crippen LogP contribution in [0.25, 0.3) is 11.0 Å². The number of hydrogen-bond acceptors (Lipinski definition) is 4. The van der Waals surface area contributed by atoms with Crippen LogP contribution in [0.3, 0.4) is 0 Å². The Morgan fingerprint density at radius 3 is 2.76 bits per heavy atom. The number of halogens is 1. The zero-order valence-corrected chi connectivity index (χ0v) is 12.9. The lowest BCUT2D eigenvalue weighted by Gasteiger charge is -2.07. The SMILES string of the molecule is Cc1ccc2nc(CCCl)n(CCc3nc(C)no3)c2c1. The maximum absolute atomic E-state index is 5.89. The summed E-state index contributed by atoms with van der Waals surface area (Å²) in [5.74, 6) is 2.88. The summed E-state index contributed by atoms with van der Waals surface area (Å²) in [5, 5.41) is 3.82. The summed E-state index contributed by atoms with van der Waals surface area (Å²) in [5.41, 5.74) is 3.35. The average molecular weight is 305 g/mol. The molecular weight excluding hydrogens is 288 g/mol. The highest BCUT2D eigenvalue weighted by molar-refractivity contribution is 6.17. The van der Waals surface area contributed by atoms with Gasteiger partial charge in [0, 0.05) is 25.3 Å². The summed E-state index contributed by atoms with van der Waals surface area (Å²) >= 11 is 5.89. The van der Waals surface area contributed by atoms with E-state index in [0.29, 0.717) is 24.0 Å². The quantitative estimate of drug-likeness (QED) is 0.680. The topological polar surface area (TPSA) is 56.7 Å². The summed E-state index contributed by atoms with van der Waals surface area (Å²) in [6.07, 6.45) is 1.44. The van der Waals surface area contributed by atoms with Gasteiger partial charge in [-0.25, -0.2) is 4.98 Å². The average Bonchev–Trinajstić information content (AvgIpc) is 3.01. The summed E-state index contributed by atoms with van der Waals surface area (Å²) in [4.78, 5) is 8.92. The molecule has 0 saturated heterocycles. The van der Waals surface area contributed by atoms with Crippen molar-refractivity contribution in [2.24, 2.45) is 0 Å². The molecule has 0 radical (unpaired) electrons.